The number of amides is 2. The maximum absolute atomic E-state index is 11.8. The number of aliphatic hydroxyl groups excluding tert-OH is 1. The van der Waals surface area contributed by atoms with Gasteiger partial charge in [-0.15, -0.1) is 0 Å². The predicted molar refractivity (Wildman–Crippen MR) is 76.2 cm³/mol. The maximum atomic E-state index is 11.8. The predicted octanol–water partition coefficient (Wildman–Crippen LogP) is 1.12. The monoisotopic (exact) mass is 280 g/mol. The van der Waals surface area contributed by atoms with E-state index in [0.29, 0.717) is 6.54 Å². The number of carbonyl (C=O) groups is 1. The SMILES string of the molecule is O=C(NCCCn1ccnc1)NC1CCCCC1CO. The van der Waals surface area contributed by atoms with Crippen LogP contribution in [-0.4, -0.2) is 39.9 Å². The first-order valence-corrected chi connectivity index (χ1v) is 7.40. The van der Waals surface area contributed by atoms with E-state index >= 15 is 0 Å². The molecule has 20 heavy (non-hydrogen) atoms. The van der Waals surface area contributed by atoms with E-state index in [1.54, 1.807) is 12.5 Å². The highest BCUT2D eigenvalue weighted by Gasteiger charge is 2.25. The van der Waals surface area contributed by atoms with E-state index in [1.165, 1.54) is 0 Å². The Hall–Kier alpha value is -1.56. The Morgan fingerprint density at radius 1 is 1.40 bits per heavy atom. The molecule has 2 atom stereocenters. The van der Waals surface area contributed by atoms with Crippen molar-refractivity contribution in [1.29, 1.82) is 0 Å². The van der Waals surface area contributed by atoms with Crippen LogP contribution in [0, 0.1) is 5.92 Å². The Bertz CT molecular complexity index is 394. The molecule has 2 rings (SSSR count). The molecule has 0 aromatic carbocycles. The van der Waals surface area contributed by atoms with Crippen LogP contribution < -0.4 is 10.6 Å². The van der Waals surface area contributed by atoms with E-state index in [1.807, 2.05) is 10.8 Å². The Kier molecular flexibility index (Phi) is 5.86. The molecule has 0 bridgehead atoms. The van der Waals surface area contributed by atoms with Crippen molar-refractivity contribution >= 4 is 6.03 Å². The Balaban J connectivity index is 1.62. The third-order valence-electron chi connectivity index (χ3n) is 3.90. The molecule has 0 saturated heterocycles. The third-order valence-corrected chi connectivity index (χ3v) is 3.90. The number of hydrogen-bond donors (Lipinski definition) is 3. The second-order valence-corrected chi connectivity index (χ2v) is 5.39. The summed E-state index contributed by atoms with van der Waals surface area (Å²) in [6, 6.07) is -0.0108. The molecule has 1 heterocycles. The summed E-state index contributed by atoms with van der Waals surface area (Å²) < 4.78 is 1.99. The number of hydrogen-bond acceptors (Lipinski definition) is 3. The van der Waals surface area contributed by atoms with Crippen LogP contribution in [0.25, 0.3) is 0 Å². The molecule has 2 unspecified atom stereocenters. The van der Waals surface area contributed by atoms with Crippen molar-refractivity contribution in [1.82, 2.24) is 20.2 Å². The summed E-state index contributed by atoms with van der Waals surface area (Å²) in [4.78, 5) is 15.8. The summed E-state index contributed by atoms with van der Waals surface area (Å²) in [5, 5.41) is 15.2. The highest BCUT2D eigenvalue weighted by atomic mass is 16.3. The molecule has 1 saturated carbocycles. The molecule has 1 aromatic heterocycles. The molecule has 1 aromatic rings. The number of urea groups is 1. The molecule has 0 radical (unpaired) electrons. The standard InChI is InChI=1S/C14H24N4O2/c19-10-12-4-1-2-5-13(12)17-14(20)16-6-3-8-18-9-7-15-11-18/h7,9,11-13,19H,1-6,8,10H2,(H2,16,17,20). The molecule has 0 spiro atoms. The third kappa shape index (κ3) is 4.52. The normalized spacial score (nSPS) is 22.4. The van der Waals surface area contributed by atoms with E-state index in [2.05, 4.69) is 15.6 Å². The van der Waals surface area contributed by atoms with E-state index < -0.39 is 0 Å². The zero-order valence-electron chi connectivity index (χ0n) is 11.8. The lowest BCUT2D eigenvalue weighted by Gasteiger charge is -2.30. The lowest BCUT2D eigenvalue weighted by molar-refractivity contribution is 0.153. The minimum absolute atomic E-state index is 0.113. The van der Waals surface area contributed by atoms with Crippen molar-refractivity contribution < 1.29 is 9.90 Å². The van der Waals surface area contributed by atoms with Crippen molar-refractivity contribution in [2.75, 3.05) is 13.2 Å². The molecule has 1 aliphatic carbocycles. The number of carbonyl (C=O) groups excluding carboxylic acids is 1. The van der Waals surface area contributed by atoms with E-state index in [4.69, 9.17) is 0 Å². The van der Waals surface area contributed by atoms with Crippen LogP contribution in [-0.2, 0) is 6.54 Å². The van der Waals surface area contributed by atoms with Crippen LogP contribution in [0.4, 0.5) is 4.79 Å². The van der Waals surface area contributed by atoms with Crippen LogP contribution in [0.15, 0.2) is 18.7 Å². The Labute approximate surface area is 119 Å². The fraction of sp³-hybridized carbons (Fsp3) is 0.714. The Morgan fingerprint density at radius 3 is 3.00 bits per heavy atom. The molecule has 6 nitrogen and oxygen atoms in total. The maximum Gasteiger partial charge on any atom is 0.315 e. The van der Waals surface area contributed by atoms with Gasteiger partial charge in [0.15, 0.2) is 0 Å². The van der Waals surface area contributed by atoms with Crippen molar-refractivity contribution in [2.45, 2.75) is 44.7 Å². The van der Waals surface area contributed by atoms with Gasteiger partial charge in [0.25, 0.3) is 0 Å². The molecule has 0 aliphatic heterocycles. The second kappa shape index (κ2) is 7.89. The molecule has 112 valence electrons. The van der Waals surface area contributed by atoms with Gasteiger partial charge in [-0.25, -0.2) is 9.78 Å². The number of nitrogens with one attached hydrogen (secondary N) is 2. The van der Waals surface area contributed by atoms with Crippen LogP contribution in [0.3, 0.4) is 0 Å². The molecule has 6 heteroatoms. The largest absolute Gasteiger partial charge is 0.396 e. The van der Waals surface area contributed by atoms with Crippen molar-refractivity contribution in [3.63, 3.8) is 0 Å². The van der Waals surface area contributed by atoms with Gasteiger partial charge in [-0.1, -0.05) is 12.8 Å². The molecule has 2 amide bonds. The summed E-state index contributed by atoms with van der Waals surface area (Å²) in [6.45, 7) is 1.65. The quantitative estimate of drug-likeness (QED) is 0.683. The van der Waals surface area contributed by atoms with Crippen LogP contribution >= 0.6 is 0 Å². The van der Waals surface area contributed by atoms with E-state index in [0.717, 1.165) is 38.6 Å². The van der Waals surface area contributed by atoms with Gasteiger partial charge in [0.1, 0.15) is 0 Å². The number of imidazole rings is 1. The van der Waals surface area contributed by atoms with Gasteiger partial charge in [-0.2, -0.15) is 0 Å². The lowest BCUT2D eigenvalue weighted by Crippen LogP contribution is -2.47. The highest BCUT2D eigenvalue weighted by Crippen LogP contribution is 2.23. The smallest absolute Gasteiger partial charge is 0.315 e. The first-order valence-electron chi connectivity index (χ1n) is 7.40. The molecule has 1 aliphatic rings. The van der Waals surface area contributed by atoms with E-state index in [-0.39, 0.29) is 24.6 Å². The summed E-state index contributed by atoms with van der Waals surface area (Å²) in [6.07, 6.45) is 10.5. The van der Waals surface area contributed by atoms with Crippen LogP contribution in [0.1, 0.15) is 32.1 Å². The summed E-state index contributed by atoms with van der Waals surface area (Å²) in [5.41, 5.74) is 0. The minimum atomic E-state index is -0.124. The number of aromatic nitrogens is 2. The average Bonchev–Trinajstić information content (AvgIpc) is 2.97. The molecule has 1 fully saturated rings. The first-order chi connectivity index (χ1) is 9.79. The fourth-order valence-electron chi connectivity index (χ4n) is 2.72. The number of rotatable bonds is 6. The minimum Gasteiger partial charge on any atom is -0.396 e. The van der Waals surface area contributed by atoms with Crippen molar-refractivity contribution in [2.24, 2.45) is 5.92 Å². The topological polar surface area (TPSA) is 79.2 Å². The molecular weight excluding hydrogens is 256 g/mol. The summed E-state index contributed by atoms with van der Waals surface area (Å²) >= 11 is 0. The van der Waals surface area contributed by atoms with Gasteiger partial charge < -0.3 is 20.3 Å². The van der Waals surface area contributed by atoms with Crippen LogP contribution in [0.2, 0.25) is 0 Å². The van der Waals surface area contributed by atoms with Crippen molar-refractivity contribution in [3.05, 3.63) is 18.7 Å². The number of nitrogens with zero attached hydrogens (tertiary/aromatic N) is 2. The van der Waals surface area contributed by atoms with Gasteiger partial charge in [0.2, 0.25) is 0 Å². The van der Waals surface area contributed by atoms with E-state index in [9.17, 15) is 9.90 Å². The summed E-state index contributed by atoms with van der Waals surface area (Å²) in [5.74, 6) is 0.209. The fourth-order valence-corrected chi connectivity index (χ4v) is 2.72. The zero-order valence-corrected chi connectivity index (χ0v) is 11.8. The second-order valence-electron chi connectivity index (χ2n) is 5.39. The van der Waals surface area contributed by atoms with Gasteiger partial charge in [-0.05, 0) is 19.3 Å². The highest BCUT2D eigenvalue weighted by molar-refractivity contribution is 5.74. The first kappa shape index (κ1) is 14.8. The van der Waals surface area contributed by atoms with Gasteiger partial charge in [0.05, 0.1) is 6.33 Å². The Morgan fingerprint density at radius 2 is 2.25 bits per heavy atom. The lowest BCUT2D eigenvalue weighted by atomic mass is 9.85. The molecular formula is C14H24N4O2. The number of aryl methyl sites for hydroxylation is 1. The van der Waals surface area contributed by atoms with Gasteiger partial charge in [-0.3, -0.25) is 0 Å². The summed E-state index contributed by atoms with van der Waals surface area (Å²) in [7, 11) is 0. The van der Waals surface area contributed by atoms with Crippen molar-refractivity contribution in [3.8, 4) is 0 Å². The average molecular weight is 280 g/mol. The van der Waals surface area contributed by atoms with Crippen LogP contribution in [0.5, 0.6) is 0 Å². The van der Waals surface area contributed by atoms with Gasteiger partial charge >= 0.3 is 6.03 Å². The zero-order chi connectivity index (χ0) is 14.2. The molecule has 3 N–H and O–H groups in total. The number of aliphatic hydroxyl groups is 1. The van der Waals surface area contributed by atoms with Gasteiger partial charge in [0, 0.05) is 44.0 Å².